The van der Waals surface area contributed by atoms with Gasteiger partial charge in [-0.25, -0.2) is 0 Å². The zero-order chi connectivity index (χ0) is 13.7. The van der Waals surface area contributed by atoms with Crippen molar-refractivity contribution in [2.45, 2.75) is 26.8 Å². The highest BCUT2D eigenvalue weighted by atomic mass is 16.2. The Bertz CT molecular complexity index is 444. The average Bonchev–Trinajstić information content (AvgIpc) is 2.34. The second kappa shape index (κ2) is 6.16. The molecular weight excluding hydrogens is 230 g/mol. The molecule has 2 amide bonds. The topological polar surface area (TPSA) is 84.2 Å². The summed E-state index contributed by atoms with van der Waals surface area (Å²) in [5, 5.41) is 0. The third-order valence-electron chi connectivity index (χ3n) is 2.60. The minimum absolute atomic E-state index is 0.0147. The molecule has 0 bridgehead atoms. The van der Waals surface area contributed by atoms with Crippen molar-refractivity contribution in [2.24, 2.45) is 11.7 Å². The Balaban J connectivity index is 2.54. The summed E-state index contributed by atoms with van der Waals surface area (Å²) in [4.78, 5) is 23.3. The third-order valence-corrected chi connectivity index (χ3v) is 2.60. The summed E-state index contributed by atoms with van der Waals surface area (Å²) in [5.74, 6) is -0.741. The summed E-state index contributed by atoms with van der Waals surface area (Å²) >= 11 is 0. The average molecular weight is 249 g/mol. The van der Waals surface area contributed by atoms with Gasteiger partial charge in [-0.3, -0.25) is 20.4 Å². The number of benzene rings is 1. The minimum Gasteiger partial charge on any atom is -0.320 e. The van der Waals surface area contributed by atoms with Crippen LogP contribution in [0, 0.1) is 12.8 Å². The molecule has 5 heteroatoms. The summed E-state index contributed by atoms with van der Waals surface area (Å²) in [5.41, 5.74) is 11.8. The van der Waals surface area contributed by atoms with Crippen LogP contribution in [0.15, 0.2) is 24.3 Å². The van der Waals surface area contributed by atoms with Crippen LogP contribution in [-0.4, -0.2) is 17.9 Å². The molecule has 0 saturated carbocycles. The molecular formula is C13H19N3O2. The van der Waals surface area contributed by atoms with E-state index in [1.165, 1.54) is 0 Å². The van der Waals surface area contributed by atoms with Crippen LogP contribution >= 0.6 is 0 Å². The number of amides is 2. The van der Waals surface area contributed by atoms with E-state index in [0.717, 1.165) is 5.56 Å². The molecule has 0 aliphatic rings. The van der Waals surface area contributed by atoms with Gasteiger partial charge < -0.3 is 5.73 Å². The number of carbonyl (C=O) groups excluding carboxylic acids is 2. The van der Waals surface area contributed by atoms with Crippen molar-refractivity contribution in [3.8, 4) is 0 Å². The van der Waals surface area contributed by atoms with E-state index in [1.54, 1.807) is 18.2 Å². The van der Waals surface area contributed by atoms with Crippen LogP contribution in [0.3, 0.4) is 0 Å². The van der Waals surface area contributed by atoms with Crippen LogP contribution < -0.4 is 16.6 Å². The zero-order valence-electron chi connectivity index (χ0n) is 10.9. The molecule has 0 spiro atoms. The Morgan fingerprint density at radius 3 is 2.44 bits per heavy atom. The van der Waals surface area contributed by atoms with Gasteiger partial charge in [-0.15, -0.1) is 0 Å². The van der Waals surface area contributed by atoms with Crippen LogP contribution in [0.2, 0.25) is 0 Å². The van der Waals surface area contributed by atoms with Gasteiger partial charge in [-0.1, -0.05) is 31.5 Å². The van der Waals surface area contributed by atoms with E-state index in [9.17, 15) is 9.59 Å². The Hall–Kier alpha value is -1.88. The van der Waals surface area contributed by atoms with Gasteiger partial charge in [0.1, 0.15) is 0 Å². The number of rotatable bonds is 3. The molecule has 0 aliphatic carbocycles. The lowest BCUT2D eigenvalue weighted by atomic mass is 10.1. The normalized spacial score (nSPS) is 12.1. The molecule has 1 aromatic rings. The van der Waals surface area contributed by atoms with E-state index < -0.39 is 11.9 Å². The highest BCUT2D eigenvalue weighted by molar-refractivity contribution is 5.96. The highest BCUT2D eigenvalue weighted by Gasteiger charge is 2.17. The van der Waals surface area contributed by atoms with Crippen LogP contribution in [-0.2, 0) is 4.79 Å². The minimum atomic E-state index is -0.636. The van der Waals surface area contributed by atoms with E-state index in [2.05, 4.69) is 10.9 Å². The van der Waals surface area contributed by atoms with E-state index in [-0.39, 0.29) is 11.8 Å². The molecule has 0 heterocycles. The summed E-state index contributed by atoms with van der Waals surface area (Å²) < 4.78 is 0. The molecule has 1 aromatic carbocycles. The van der Waals surface area contributed by atoms with Gasteiger partial charge >= 0.3 is 0 Å². The first-order valence-corrected chi connectivity index (χ1v) is 5.84. The molecule has 98 valence electrons. The van der Waals surface area contributed by atoms with Gasteiger partial charge in [-0.2, -0.15) is 0 Å². The molecule has 18 heavy (non-hydrogen) atoms. The second-order valence-electron chi connectivity index (χ2n) is 4.58. The van der Waals surface area contributed by atoms with Crippen molar-refractivity contribution in [3.05, 3.63) is 35.4 Å². The molecule has 1 rings (SSSR count). The Labute approximate surface area is 107 Å². The van der Waals surface area contributed by atoms with Crippen molar-refractivity contribution < 1.29 is 9.59 Å². The number of aryl methyl sites for hydroxylation is 1. The van der Waals surface area contributed by atoms with E-state index in [1.807, 2.05) is 26.8 Å². The Morgan fingerprint density at radius 2 is 1.89 bits per heavy atom. The maximum absolute atomic E-state index is 11.7. The van der Waals surface area contributed by atoms with Gasteiger partial charge in [0, 0.05) is 5.56 Å². The number of hydrogen-bond acceptors (Lipinski definition) is 3. The molecule has 0 saturated heterocycles. The first-order chi connectivity index (χ1) is 8.41. The van der Waals surface area contributed by atoms with E-state index >= 15 is 0 Å². The second-order valence-corrected chi connectivity index (χ2v) is 4.58. The molecule has 0 radical (unpaired) electrons. The van der Waals surface area contributed by atoms with Gasteiger partial charge in [0.2, 0.25) is 0 Å². The van der Waals surface area contributed by atoms with Crippen molar-refractivity contribution in [3.63, 3.8) is 0 Å². The summed E-state index contributed by atoms with van der Waals surface area (Å²) in [6.07, 6.45) is 0. The maximum atomic E-state index is 11.7. The van der Waals surface area contributed by atoms with Crippen LogP contribution in [0.4, 0.5) is 0 Å². The van der Waals surface area contributed by atoms with Crippen molar-refractivity contribution in [1.29, 1.82) is 0 Å². The zero-order valence-corrected chi connectivity index (χ0v) is 10.9. The molecule has 0 fully saturated rings. The lowest BCUT2D eigenvalue weighted by molar-refractivity contribution is -0.124. The number of carbonyl (C=O) groups is 2. The molecule has 0 aliphatic heterocycles. The number of hydrazine groups is 1. The van der Waals surface area contributed by atoms with Crippen molar-refractivity contribution in [1.82, 2.24) is 10.9 Å². The van der Waals surface area contributed by atoms with Crippen LogP contribution in [0.1, 0.15) is 29.8 Å². The van der Waals surface area contributed by atoms with Crippen molar-refractivity contribution >= 4 is 11.8 Å². The summed E-state index contributed by atoms with van der Waals surface area (Å²) in [7, 11) is 0. The van der Waals surface area contributed by atoms with Gasteiger partial charge in [0.25, 0.3) is 11.8 Å². The van der Waals surface area contributed by atoms with Crippen LogP contribution in [0.5, 0.6) is 0 Å². The monoisotopic (exact) mass is 249 g/mol. The van der Waals surface area contributed by atoms with E-state index in [4.69, 9.17) is 5.73 Å². The number of nitrogens with one attached hydrogen (secondary N) is 2. The molecule has 1 unspecified atom stereocenters. The standard InChI is InChI=1S/C13H19N3O2/c1-8(2)11(14)13(18)16-15-12(17)10-6-4-5-9(3)7-10/h4-8,11H,14H2,1-3H3,(H,15,17)(H,16,18). The van der Waals surface area contributed by atoms with E-state index in [0.29, 0.717) is 5.56 Å². The highest BCUT2D eigenvalue weighted by Crippen LogP contribution is 2.03. The molecule has 4 N–H and O–H groups in total. The SMILES string of the molecule is Cc1cccc(C(=O)NNC(=O)C(N)C(C)C)c1. The summed E-state index contributed by atoms with van der Waals surface area (Å²) in [6.45, 7) is 5.57. The fourth-order valence-electron chi connectivity index (χ4n) is 1.36. The van der Waals surface area contributed by atoms with Gasteiger partial charge in [-0.05, 0) is 25.0 Å². The fraction of sp³-hybridized carbons (Fsp3) is 0.385. The van der Waals surface area contributed by atoms with Gasteiger partial charge in [0.05, 0.1) is 6.04 Å². The lowest BCUT2D eigenvalue weighted by Crippen LogP contribution is -2.51. The largest absolute Gasteiger partial charge is 0.320 e. The molecule has 0 aromatic heterocycles. The summed E-state index contributed by atoms with van der Waals surface area (Å²) in [6, 6.07) is 6.46. The first kappa shape index (κ1) is 14.2. The quantitative estimate of drug-likeness (QED) is 0.691. The number of nitrogens with two attached hydrogens (primary N) is 1. The number of hydrogen-bond donors (Lipinski definition) is 3. The predicted molar refractivity (Wildman–Crippen MR) is 69.6 cm³/mol. The first-order valence-electron chi connectivity index (χ1n) is 5.84. The smallest absolute Gasteiger partial charge is 0.269 e. The van der Waals surface area contributed by atoms with Crippen LogP contribution in [0.25, 0.3) is 0 Å². The fourth-order valence-corrected chi connectivity index (χ4v) is 1.36. The molecule has 5 nitrogen and oxygen atoms in total. The Kier molecular flexibility index (Phi) is 4.85. The Morgan fingerprint density at radius 1 is 1.22 bits per heavy atom. The molecule has 1 atom stereocenters. The lowest BCUT2D eigenvalue weighted by Gasteiger charge is -2.15. The van der Waals surface area contributed by atoms with Gasteiger partial charge in [0.15, 0.2) is 0 Å². The van der Waals surface area contributed by atoms with Crippen molar-refractivity contribution in [2.75, 3.05) is 0 Å². The predicted octanol–water partition coefficient (Wildman–Crippen LogP) is 0.739. The maximum Gasteiger partial charge on any atom is 0.269 e. The third kappa shape index (κ3) is 3.85.